The molecular weight excluding hydrogens is 436 g/mol. The van der Waals surface area contributed by atoms with Crippen molar-refractivity contribution in [3.63, 3.8) is 0 Å². The molecular formula is C18H11Cl2F3N2O4. The quantitative estimate of drug-likeness (QED) is 0.625. The smallest absolute Gasteiger partial charge is 0.416 e. The van der Waals surface area contributed by atoms with Crippen LogP contribution >= 0.6 is 23.2 Å². The maximum Gasteiger partial charge on any atom is 0.416 e. The number of rotatable bonds is 6. The van der Waals surface area contributed by atoms with Gasteiger partial charge in [-0.05, 0) is 23.8 Å². The predicted molar refractivity (Wildman–Crippen MR) is 96.1 cm³/mol. The van der Waals surface area contributed by atoms with Crippen LogP contribution in [0.15, 0.2) is 18.2 Å². The summed E-state index contributed by atoms with van der Waals surface area (Å²) >= 11 is 11.8. The van der Waals surface area contributed by atoms with E-state index in [4.69, 9.17) is 33.6 Å². The topological polar surface area (TPSA) is 111 Å². The second-order valence-corrected chi connectivity index (χ2v) is 6.69. The largest absolute Gasteiger partial charge is 0.504 e. The number of nitrogens with zero attached hydrogens (tertiary/aromatic N) is 2. The molecule has 0 bridgehead atoms. The van der Waals surface area contributed by atoms with Crippen LogP contribution in [0.1, 0.15) is 45.7 Å². The van der Waals surface area contributed by atoms with Crippen molar-refractivity contribution in [3.05, 3.63) is 56.3 Å². The minimum Gasteiger partial charge on any atom is -0.504 e. The summed E-state index contributed by atoms with van der Waals surface area (Å²) in [6.45, 7) is 0. The summed E-state index contributed by atoms with van der Waals surface area (Å²) in [5.41, 5.74) is -1.77. The van der Waals surface area contributed by atoms with Gasteiger partial charge in [0.2, 0.25) is 0 Å². The fourth-order valence-corrected chi connectivity index (χ4v) is 3.04. The van der Waals surface area contributed by atoms with E-state index in [9.17, 15) is 27.9 Å². The van der Waals surface area contributed by atoms with Gasteiger partial charge in [-0.1, -0.05) is 23.2 Å². The fourth-order valence-electron chi connectivity index (χ4n) is 2.42. The van der Waals surface area contributed by atoms with E-state index in [-0.39, 0.29) is 33.3 Å². The van der Waals surface area contributed by atoms with E-state index in [2.05, 4.69) is 4.98 Å². The number of pyridine rings is 1. The molecule has 0 atom stereocenters. The van der Waals surface area contributed by atoms with E-state index in [1.54, 1.807) is 6.07 Å². The Morgan fingerprint density at radius 3 is 2.21 bits per heavy atom. The number of halogens is 5. The van der Waals surface area contributed by atoms with Crippen LogP contribution in [0, 0.1) is 11.3 Å². The average Bonchev–Trinajstić information content (AvgIpc) is 2.62. The van der Waals surface area contributed by atoms with E-state index in [1.807, 2.05) is 0 Å². The number of aliphatic carboxylic acids is 1. The van der Waals surface area contributed by atoms with Gasteiger partial charge in [0.05, 0.1) is 17.5 Å². The molecule has 1 aromatic carbocycles. The average molecular weight is 447 g/mol. The van der Waals surface area contributed by atoms with Crippen molar-refractivity contribution in [1.82, 2.24) is 4.98 Å². The molecule has 6 nitrogen and oxygen atoms in total. The third-order valence-electron chi connectivity index (χ3n) is 3.82. The normalized spacial score (nSPS) is 11.2. The minimum atomic E-state index is -4.65. The molecule has 0 fully saturated rings. The summed E-state index contributed by atoms with van der Waals surface area (Å²) < 4.78 is 38.5. The Morgan fingerprint density at radius 2 is 1.72 bits per heavy atom. The second kappa shape index (κ2) is 8.68. The lowest BCUT2D eigenvalue weighted by atomic mass is 10.0. The van der Waals surface area contributed by atoms with Crippen LogP contribution in [0.3, 0.4) is 0 Å². The van der Waals surface area contributed by atoms with Crippen molar-refractivity contribution in [3.8, 4) is 11.8 Å². The van der Waals surface area contributed by atoms with Crippen LogP contribution in [0.4, 0.5) is 13.2 Å². The molecule has 2 N–H and O–H groups in total. The fraction of sp³-hybridized carbons (Fsp3) is 0.222. The van der Waals surface area contributed by atoms with Gasteiger partial charge < -0.3 is 10.2 Å². The standard InChI is InChI=1S/C18H11Cl2F3N2O4/c19-12-4-9(18(21,22)23)5-13(20)11(12)6-10-3-8(7-24)17(29)16(25-10)14(26)1-2-15(27)28/h3-5,29H,1-2,6H2,(H,27,28). The second-order valence-electron chi connectivity index (χ2n) is 5.88. The summed E-state index contributed by atoms with van der Waals surface area (Å²) in [6.07, 6.45) is -5.86. The molecule has 0 aliphatic rings. The monoisotopic (exact) mass is 446 g/mol. The van der Waals surface area contributed by atoms with E-state index >= 15 is 0 Å². The maximum absolute atomic E-state index is 12.8. The first kappa shape index (κ1) is 22.5. The highest BCUT2D eigenvalue weighted by Crippen LogP contribution is 2.37. The van der Waals surface area contributed by atoms with Crippen molar-refractivity contribution in [2.24, 2.45) is 0 Å². The number of hydrogen-bond donors (Lipinski definition) is 2. The van der Waals surface area contributed by atoms with Crippen LogP contribution < -0.4 is 0 Å². The molecule has 0 saturated carbocycles. The summed E-state index contributed by atoms with van der Waals surface area (Å²) in [5, 5.41) is 27.3. The van der Waals surface area contributed by atoms with E-state index in [0.29, 0.717) is 12.1 Å². The molecule has 0 saturated heterocycles. The van der Waals surface area contributed by atoms with Crippen molar-refractivity contribution >= 4 is 35.0 Å². The zero-order valence-corrected chi connectivity index (χ0v) is 15.9. The number of ketones is 1. The van der Waals surface area contributed by atoms with Gasteiger partial charge in [-0.15, -0.1) is 0 Å². The van der Waals surface area contributed by atoms with Gasteiger partial charge >= 0.3 is 12.1 Å². The summed E-state index contributed by atoms with van der Waals surface area (Å²) in [7, 11) is 0. The van der Waals surface area contributed by atoms with Crippen LogP contribution in [-0.4, -0.2) is 26.9 Å². The zero-order chi connectivity index (χ0) is 21.9. The Bertz CT molecular complexity index is 1010. The van der Waals surface area contributed by atoms with E-state index < -0.39 is 47.8 Å². The highest BCUT2D eigenvalue weighted by Gasteiger charge is 2.32. The van der Waals surface area contributed by atoms with Gasteiger partial charge in [0, 0.05) is 28.6 Å². The number of benzene rings is 1. The number of aromatic nitrogens is 1. The van der Waals surface area contributed by atoms with Gasteiger partial charge in [0.25, 0.3) is 0 Å². The Morgan fingerprint density at radius 1 is 1.14 bits per heavy atom. The van der Waals surface area contributed by atoms with Gasteiger partial charge in [-0.3, -0.25) is 9.59 Å². The molecule has 29 heavy (non-hydrogen) atoms. The number of alkyl halides is 3. The molecule has 1 aromatic heterocycles. The SMILES string of the molecule is N#Cc1cc(Cc2c(Cl)cc(C(F)(F)F)cc2Cl)nc(C(=O)CCC(=O)O)c1O. The zero-order valence-electron chi connectivity index (χ0n) is 14.3. The third-order valence-corrected chi connectivity index (χ3v) is 4.50. The first-order valence-electron chi connectivity index (χ1n) is 7.87. The Labute approximate surface area is 172 Å². The molecule has 1 heterocycles. The molecule has 11 heteroatoms. The molecule has 0 amide bonds. The molecule has 0 aliphatic heterocycles. The van der Waals surface area contributed by atoms with Crippen LogP contribution in [0.2, 0.25) is 10.0 Å². The number of carboxylic acids is 1. The highest BCUT2D eigenvalue weighted by atomic mass is 35.5. The molecule has 152 valence electrons. The highest BCUT2D eigenvalue weighted by molar-refractivity contribution is 6.36. The molecule has 2 aromatic rings. The van der Waals surface area contributed by atoms with Crippen molar-refractivity contribution < 1.29 is 33.0 Å². The van der Waals surface area contributed by atoms with Gasteiger partial charge in [-0.2, -0.15) is 18.4 Å². The van der Waals surface area contributed by atoms with Crippen molar-refractivity contribution in [1.29, 1.82) is 5.26 Å². The summed E-state index contributed by atoms with van der Waals surface area (Å²) in [6, 6.07) is 4.17. The van der Waals surface area contributed by atoms with Crippen molar-refractivity contribution in [2.45, 2.75) is 25.4 Å². The summed E-state index contributed by atoms with van der Waals surface area (Å²) in [4.78, 5) is 26.7. The lowest BCUT2D eigenvalue weighted by molar-refractivity contribution is -0.138. The number of carboxylic acid groups (broad SMARTS) is 1. The Balaban J connectivity index is 2.46. The van der Waals surface area contributed by atoms with E-state index in [0.717, 1.165) is 6.07 Å². The van der Waals surface area contributed by atoms with Crippen LogP contribution in [0.5, 0.6) is 5.75 Å². The first-order valence-corrected chi connectivity index (χ1v) is 8.62. The third kappa shape index (κ3) is 5.37. The number of aromatic hydroxyl groups is 1. The molecule has 0 radical (unpaired) electrons. The van der Waals surface area contributed by atoms with Gasteiger partial charge in [0.1, 0.15) is 11.8 Å². The number of hydrogen-bond acceptors (Lipinski definition) is 5. The Kier molecular flexibility index (Phi) is 6.72. The number of carbonyl (C=O) groups is 2. The summed E-state index contributed by atoms with van der Waals surface area (Å²) in [5.74, 6) is -2.76. The van der Waals surface area contributed by atoms with Crippen LogP contribution in [-0.2, 0) is 17.4 Å². The van der Waals surface area contributed by atoms with E-state index in [1.165, 1.54) is 0 Å². The predicted octanol–water partition coefficient (Wildman–Crippen LogP) is 4.62. The maximum atomic E-state index is 12.8. The number of nitriles is 1. The molecule has 0 aliphatic carbocycles. The van der Waals surface area contributed by atoms with Crippen molar-refractivity contribution in [2.75, 3.05) is 0 Å². The Hall–Kier alpha value is -2.83. The first-order chi connectivity index (χ1) is 13.4. The lowest BCUT2D eigenvalue weighted by Gasteiger charge is -2.13. The molecule has 2 rings (SSSR count). The lowest BCUT2D eigenvalue weighted by Crippen LogP contribution is -2.10. The number of carbonyl (C=O) groups excluding carboxylic acids is 1. The minimum absolute atomic E-state index is 0.0292. The van der Waals surface area contributed by atoms with Gasteiger partial charge in [-0.25, -0.2) is 4.98 Å². The number of Topliss-reactive ketones (excluding diaryl/α,β-unsaturated/α-hetero) is 1. The van der Waals surface area contributed by atoms with Gasteiger partial charge in [0.15, 0.2) is 11.5 Å². The van der Waals surface area contributed by atoms with Crippen LogP contribution in [0.25, 0.3) is 0 Å². The molecule has 0 unspecified atom stereocenters. The molecule has 0 spiro atoms.